The van der Waals surface area contributed by atoms with Crippen LogP contribution in [0.25, 0.3) is 0 Å². The maximum atomic E-state index is 5.84. The molecule has 0 bridgehead atoms. The number of aryl methyl sites for hydroxylation is 2. The Morgan fingerprint density at radius 3 is 2.43 bits per heavy atom. The van der Waals surface area contributed by atoms with Crippen LogP contribution in [0.5, 0.6) is 5.75 Å². The molecule has 4 rings (SSSR count). The van der Waals surface area contributed by atoms with Crippen molar-refractivity contribution in [1.29, 1.82) is 0 Å². The third-order valence-corrected chi connectivity index (χ3v) is 5.76. The molecule has 1 aliphatic rings. The topological polar surface area (TPSA) is 54.6 Å². The van der Waals surface area contributed by atoms with Crippen molar-refractivity contribution in [2.45, 2.75) is 33.5 Å². The molecule has 0 aliphatic carbocycles. The summed E-state index contributed by atoms with van der Waals surface area (Å²) < 4.78 is 11.2. The fraction of sp³-hybridized carbons (Fsp3) is 0.429. The molecule has 2 aromatic heterocycles. The van der Waals surface area contributed by atoms with E-state index in [-0.39, 0.29) is 0 Å². The van der Waals surface area contributed by atoms with E-state index in [1.807, 2.05) is 25.1 Å². The molecule has 1 aliphatic heterocycles. The van der Waals surface area contributed by atoms with Crippen LogP contribution in [0.4, 0.5) is 0 Å². The highest BCUT2D eigenvalue weighted by atomic mass is 32.1. The Morgan fingerprint density at radius 2 is 1.75 bits per heavy atom. The van der Waals surface area contributed by atoms with Gasteiger partial charge in [-0.1, -0.05) is 22.9 Å². The smallest absolute Gasteiger partial charge is 0.150 e. The van der Waals surface area contributed by atoms with Gasteiger partial charge >= 0.3 is 0 Å². The third kappa shape index (κ3) is 5.19. The van der Waals surface area contributed by atoms with Gasteiger partial charge in [-0.15, -0.1) is 11.3 Å². The van der Waals surface area contributed by atoms with E-state index >= 15 is 0 Å². The first kappa shape index (κ1) is 19.1. The first-order chi connectivity index (χ1) is 13.6. The van der Waals surface area contributed by atoms with E-state index in [0.29, 0.717) is 6.61 Å². The highest BCUT2D eigenvalue weighted by Crippen LogP contribution is 2.18. The average Bonchev–Trinajstić information content (AvgIpc) is 3.32. The first-order valence-electron chi connectivity index (χ1n) is 9.64. The molecule has 0 N–H and O–H groups in total. The molecule has 148 valence electrons. The van der Waals surface area contributed by atoms with Gasteiger partial charge in [0.15, 0.2) is 5.76 Å². The van der Waals surface area contributed by atoms with E-state index in [1.165, 1.54) is 5.56 Å². The van der Waals surface area contributed by atoms with Crippen molar-refractivity contribution in [2.75, 3.05) is 26.2 Å². The maximum Gasteiger partial charge on any atom is 0.150 e. The van der Waals surface area contributed by atoms with Crippen molar-refractivity contribution < 1.29 is 9.26 Å². The maximum absolute atomic E-state index is 5.84. The Morgan fingerprint density at radius 1 is 1.04 bits per heavy atom. The summed E-state index contributed by atoms with van der Waals surface area (Å²) in [4.78, 5) is 9.62. The van der Waals surface area contributed by atoms with Gasteiger partial charge in [-0.05, 0) is 26.0 Å². The van der Waals surface area contributed by atoms with Gasteiger partial charge in [0.05, 0.1) is 17.9 Å². The molecule has 1 fully saturated rings. The van der Waals surface area contributed by atoms with Crippen LogP contribution in [0.3, 0.4) is 0 Å². The Kier molecular flexibility index (Phi) is 6.04. The average molecular weight is 399 g/mol. The number of benzene rings is 1. The number of hydrogen-bond acceptors (Lipinski definition) is 7. The number of ether oxygens (including phenoxy) is 1. The zero-order valence-electron chi connectivity index (χ0n) is 16.4. The lowest BCUT2D eigenvalue weighted by atomic mass is 10.2. The second-order valence-corrected chi connectivity index (χ2v) is 8.26. The van der Waals surface area contributed by atoms with Crippen molar-refractivity contribution in [2.24, 2.45) is 0 Å². The number of nitrogens with zero attached hydrogens (tertiary/aromatic N) is 4. The van der Waals surface area contributed by atoms with Gasteiger partial charge < -0.3 is 9.26 Å². The van der Waals surface area contributed by atoms with E-state index < -0.39 is 0 Å². The predicted molar refractivity (Wildman–Crippen MR) is 109 cm³/mol. The van der Waals surface area contributed by atoms with Crippen molar-refractivity contribution >= 4 is 11.3 Å². The molecule has 0 amide bonds. The molecule has 28 heavy (non-hydrogen) atoms. The minimum absolute atomic E-state index is 0.526. The zero-order chi connectivity index (χ0) is 19.3. The first-order valence-corrected chi connectivity index (χ1v) is 10.5. The summed E-state index contributed by atoms with van der Waals surface area (Å²) in [6, 6.07) is 10.1. The van der Waals surface area contributed by atoms with Crippen molar-refractivity contribution in [3.63, 3.8) is 0 Å². The van der Waals surface area contributed by atoms with E-state index in [4.69, 9.17) is 14.2 Å². The SMILES string of the molecule is Cc1ccc(OCc2nc(CN3CCN(Cc4cc(C)no4)CC3)cs2)cc1. The highest BCUT2D eigenvalue weighted by molar-refractivity contribution is 7.09. The molecule has 6 nitrogen and oxygen atoms in total. The predicted octanol–water partition coefficient (Wildman–Crippen LogP) is 3.64. The summed E-state index contributed by atoms with van der Waals surface area (Å²) in [6.07, 6.45) is 0. The van der Waals surface area contributed by atoms with Crippen LogP contribution in [0, 0.1) is 13.8 Å². The molecule has 1 aromatic carbocycles. The fourth-order valence-corrected chi connectivity index (χ4v) is 4.01. The lowest BCUT2D eigenvalue weighted by Gasteiger charge is -2.33. The minimum atomic E-state index is 0.526. The van der Waals surface area contributed by atoms with E-state index in [9.17, 15) is 0 Å². The van der Waals surface area contributed by atoms with Crippen LogP contribution in [-0.4, -0.2) is 46.1 Å². The van der Waals surface area contributed by atoms with Crippen LogP contribution in [0.2, 0.25) is 0 Å². The van der Waals surface area contributed by atoms with Gasteiger partial charge in [0, 0.05) is 44.2 Å². The largest absolute Gasteiger partial charge is 0.486 e. The molecule has 0 unspecified atom stereocenters. The molecule has 7 heteroatoms. The Balaban J connectivity index is 1.21. The molecule has 0 spiro atoms. The number of rotatable bonds is 7. The van der Waals surface area contributed by atoms with Crippen LogP contribution < -0.4 is 4.74 Å². The molecule has 1 saturated heterocycles. The van der Waals surface area contributed by atoms with Gasteiger partial charge in [-0.3, -0.25) is 9.80 Å². The van der Waals surface area contributed by atoms with Crippen molar-refractivity contribution in [3.8, 4) is 5.75 Å². The van der Waals surface area contributed by atoms with Crippen LogP contribution in [0.1, 0.15) is 27.7 Å². The fourth-order valence-electron chi connectivity index (χ4n) is 3.31. The van der Waals surface area contributed by atoms with E-state index in [2.05, 4.69) is 39.4 Å². The molecule has 3 heterocycles. The number of thiazole rings is 1. The monoisotopic (exact) mass is 398 g/mol. The van der Waals surface area contributed by atoms with Gasteiger partial charge in [-0.2, -0.15) is 0 Å². The van der Waals surface area contributed by atoms with Crippen LogP contribution in [0.15, 0.2) is 40.2 Å². The quantitative estimate of drug-likeness (QED) is 0.606. The second-order valence-electron chi connectivity index (χ2n) is 7.32. The van der Waals surface area contributed by atoms with Crippen molar-refractivity contribution in [3.05, 3.63) is 63.4 Å². The Labute approximate surface area is 169 Å². The Bertz CT molecular complexity index is 882. The molecule has 0 radical (unpaired) electrons. The van der Waals surface area contributed by atoms with Gasteiger partial charge in [-0.25, -0.2) is 4.98 Å². The molecule has 3 aromatic rings. The lowest BCUT2D eigenvalue weighted by molar-refractivity contribution is 0.113. The van der Waals surface area contributed by atoms with Crippen LogP contribution in [-0.2, 0) is 19.7 Å². The van der Waals surface area contributed by atoms with E-state index in [0.717, 1.165) is 67.2 Å². The highest BCUT2D eigenvalue weighted by Gasteiger charge is 2.19. The second kappa shape index (κ2) is 8.86. The molecule has 0 saturated carbocycles. The summed E-state index contributed by atoms with van der Waals surface area (Å²) in [6.45, 7) is 10.4. The summed E-state index contributed by atoms with van der Waals surface area (Å²) in [7, 11) is 0. The number of aromatic nitrogens is 2. The zero-order valence-corrected chi connectivity index (χ0v) is 17.2. The molecular formula is C21H26N4O2S. The summed E-state index contributed by atoms with van der Waals surface area (Å²) in [5.74, 6) is 1.84. The Hall–Kier alpha value is -2.22. The summed E-state index contributed by atoms with van der Waals surface area (Å²) in [5, 5.41) is 7.14. The van der Waals surface area contributed by atoms with Gasteiger partial charge in [0.1, 0.15) is 17.4 Å². The third-order valence-electron chi connectivity index (χ3n) is 4.89. The normalized spacial score (nSPS) is 15.8. The molecular weight excluding hydrogens is 372 g/mol. The van der Waals surface area contributed by atoms with Crippen LogP contribution >= 0.6 is 11.3 Å². The van der Waals surface area contributed by atoms with E-state index in [1.54, 1.807) is 11.3 Å². The number of hydrogen-bond donors (Lipinski definition) is 0. The van der Waals surface area contributed by atoms with Gasteiger partial charge in [0.2, 0.25) is 0 Å². The molecule has 0 atom stereocenters. The van der Waals surface area contributed by atoms with Gasteiger partial charge in [0.25, 0.3) is 0 Å². The number of piperazine rings is 1. The standard InChI is InChI=1S/C21H26N4O2S/c1-16-3-5-19(6-4-16)26-14-21-22-18(15-28-21)12-24-7-9-25(10-8-24)13-20-11-17(2)23-27-20/h3-6,11,15H,7-10,12-14H2,1-2H3. The summed E-state index contributed by atoms with van der Waals surface area (Å²) >= 11 is 1.67. The van der Waals surface area contributed by atoms with Crippen molar-refractivity contribution in [1.82, 2.24) is 19.9 Å². The minimum Gasteiger partial charge on any atom is -0.486 e. The summed E-state index contributed by atoms with van der Waals surface area (Å²) in [5.41, 5.74) is 3.31. The lowest BCUT2D eigenvalue weighted by Crippen LogP contribution is -2.45.